The number of rotatable bonds is 7. The van der Waals surface area contributed by atoms with Crippen LogP contribution >= 0.6 is 0 Å². The molecule has 11 heteroatoms. The first-order valence-corrected chi connectivity index (χ1v) is 11.2. The molecule has 0 fully saturated rings. The van der Waals surface area contributed by atoms with Crippen molar-refractivity contribution in [3.8, 4) is 11.5 Å². The maximum Gasteiger partial charge on any atom is 0.338 e. The van der Waals surface area contributed by atoms with Gasteiger partial charge in [-0.15, -0.1) is 0 Å². The van der Waals surface area contributed by atoms with Gasteiger partial charge >= 0.3 is 5.97 Å². The number of anilines is 1. The number of fused-ring (bicyclic) bond motifs is 1. The average Bonchev–Trinajstić information content (AvgIpc) is 2.82. The van der Waals surface area contributed by atoms with Crippen molar-refractivity contribution < 1.29 is 32.3 Å². The van der Waals surface area contributed by atoms with Crippen molar-refractivity contribution in [3.05, 3.63) is 88.0 Å². The Labute approximate surface area is 188 Å². The summed E-state index contributed by atoms with van der Waals surface area (Å²) in [6.45, 7) is 0.596. The molecule has 0 bridgehead atoms. The number of nitrogens with zero attached hydrogens (tertiary/aromatic N) is 1. The van der Waals surface area contributed by atoms with Crippen molar-refractivity contribution in [3.63, 3.8) is 0 Å². The van der Waals surface area contributed by atoms with E-state index in [4.69, 9.17) is 14.2 Å². The molecule has 1 N–H and O–H groups in total. The van der Waals surface area contributed by atoms with E-state index in [2.05, 4.69) is 4.72 Å². The summed E-state index contributed by atoms with van der Waals surface area (Å²) in [5.41, 5.74) is 0.822. The lowest BCUT2D eigenvalue weighted by Crippen LogP contribution is -2.17. The summed E-state index contributed by atoms with van der Waals surface area (Å²) < 4.78 is 43.8. The average molecular weight is 470 g/mol. The van der Waals surface area contributed by atoms with Gasteiger partial charge in [0.15, 0.2) is 11.5 Å². The van der Waals surface area contributed by atoms with Crippen molar-refractivity contribution in [1.29, 1.82) is 0 Å². The third-order valence-corrected chi connectivity index (χ3v) is 6.07. The molecule has 0 aliphatic carbocycles. The number of carbonyl (C=O) groups excluding carboxylic acids is 1. The lowest BCUT2D eigenvalue weighted by Gasteiger charge is -2.19. The SMILES string of the molecule is O=C(OCc1cccc([N+](=O)[O-])c1)c1ccc(NS(=O)(=O)c2ccc3c(c2)OCCO3)cc1. The Morgan fingerprint density at radius 3 is 2.45 bits per heavy atom. The molecule has 4 rings (SSSR count). The molecule has 33 heavy (non-hydrogen) atoms. The van der Waals surface area contributed by atoms with E-state index in [9.17, 15) is 23.3 Å². The number of benzene rings is 3. The van der Waals surface area contributed by atoms with Crippen molar-refractivity contribution in [1.82, 2.24) is 0 Å². The van der Waals surface area contributed by atoms with E-state index in [-0.39, 0.29) is 28.4 Å². The third kappa shape index (κ3) is 5.21. The Bertz CT molecular complexity index is 1310. The number of nitro groups is 1. The minimum atomic E-state index is -3.89. The van der Waals surface area contributed by atoms with E-state index in [0.29, 0.717) is 30.3 Å². The van der Waals surface area contributed by atoms with Gasteiger partial charge in [-0.2, -0.15) is 0 Å². The largest absolute Gasteiger partial charge is 0.486 e. The van der Waals surface area contributed by atoms with Crippen molar-refractivity contribution in [2.75, 3.05) is 17.9 Å². The Hall–Kier alpha value is -4.12. The lowest BCUT2D eigenvalue weighted by atomic mass is 10.2. The first kappa shape index (κ1) is 22.1. The molecule has 3 aromatic rings. The van der Waals surface area contributed by atoms with Crippen LogP contribution in [0.1, 0.15) is 15.9 Å². The number of ether oxygens (including phenoxy) is 3. The number of nitrogens with one attached hydrogen (secondary N) is 1. The summed E-state index contributed by atoms with van der Waals surface area (Å²) in [7, 11) is -3.89. The van der Waals surface area contributed by atoms with Crippen LogP contribution in [0.2, 0.25) is 0 Å². The fourth-order valence-electron chi connectivity index (χ4n) is 3.07. The molecule has 0 spiro atoms. The van der Waals surface area contributed by atoms with E-state index in [1.54, 1.807) is 6.07 Å². The Morgan fingerprint density at radius 2 is 1.73 bits per heavy atom. The predicted molar refractivity (Wildman–Crippen MR) is 117 cm³/mol. The second-order valence-electron chi connectivity index (χ2n) is 6.99. The van der Waals surface area contributed by atoms with Gasteiger partial charge in [-0.3, -0.25) is 14.8 Å². The number of sulfonamides is 1. The van der Waals surface area contributed by atoms with Crippen LogP contribution in [0.4, 0.5) is 11.4 Å². The molecular weight excluding hydrogens is 452 g/mol. The zero-order valence-corrected chi connectivity index (χ0v) is 17.9. The first-order valence-electron chi connectivity index (χ1n) is 9.75. The zero-order valence-electron chi connectivity index (χ0n) is 17.1. The minimum Gasteiger partial charge on any atom is -0.486 e. The predicted octanol–water partition coefficient (Wildman–Crippen LogP) is 3.52. The molecule has 0 amide bonds. The van der Waals surface area contributed by atoms with Crippen LogP contribution in [0.3, 0.4) is 0 Å². The number of non-ortho nitro benzene ring substituents is 1. The smallest absolute Gasteiger partial charge is 0.338 e. The van der Waals surface area contributed by atoms with Gasteiger partial charge in [0.05, 0.1) is 15.4 Å². The van der Waals surface area contributed by atoms with Gasteiger partial charge < -0.3 is 14.2 Å². The van der Waals surface area contributed by atoms with Crippen molar-refractivity contribution >= 4 is 27.4 Å². The number of esters is 1. The number of hydrogen-bond acceptors (Lipinski definition) is 8. The highest BCUT2D eigenvalue weighted by molar-refractivity contribution is 7.92. The molecular formula is C22H18N2O8S. The van der Waals surface area contributed by atoms with E-state index in [0.717, 1.165) is 0 Å². The molecule has 170 valence electrons. The number of carbonyl (C=O) groups is 1. The summed E-state index contributed by atoms with van der Waals surface area (Å²) in [6, 6.07) is 15.8. The molecule has 1 heterocycles. The number of hydrogen-bond donors (Lipinski definition) is 1. The molecule has 3 aromatic carbocycles. The molecule has 0 saturated carbocycles. The Morgan fingerprint density at radius 1 is 1.00 bits per heavy atom. The van der Waals surface area contributed by atoms with Crippen LogP contribution in [0.5, 0.6) is 11.5 Å². The molecule has 10 nitrogen and oxygen atoms in total. The molecule has 0 radical (unpaired) electrons. The second-order valence-corrected chi connectivity index (χ2v) is 8.67. The molecule has 1 aliphatic rings. The molecule has 0 atom stereocenters. The van der Waals surface area contributed by atoms with E-state index in [1.807, 2.05) is 0 Å². The van der Waals surface area contributed by atoms with E-state index in [1.165, 1.54) is 60.7 Å². The zero-order chi connectivity index (χ0) is 23.4. The van der Waals surface area contributed by atoms with Crippen molar-refractivity contribution in [2.24, 2.45) is 0 Å². The van der Waals surface area contributed by atoms with Crippen LogP contribution in [0.25, 0.3) is 0 Å². The summed E-state index contributed by atoms with van der Waals surface area (Å²) in [6.07, 6.45) is 0. The van der Waals surface area contributed by atoms with E-state index >= 15 is 0 Å². The van der Waals surface area contributed by atoms with Crippen molar-refractivity contribution in [2.45, 2.75) is 11.5 Å². The first-order chi connectivity index (χ1) is 15.8. The fourth-order valence-corrected chi connectivity index (χ4v) is 4.14. The second kappa shape index (κ2) is 9.17. The van der Waals surface area contributed by atoms with E-state index < -0.39 is 20.9 Å². The van der Waals surface area contributed by atoms with Crippen LogP contribution in [-0.4, -0.2) is 32.5 Å². The summed E-state index contributed by atoms with van der Waals surface area (Å²) in [5, 5.41) is 10.8. The maximum atomic E-state index is 12.7. The molecule has 0 aromatic heterocycles. The maximum absolute atomic E-state index is 12.7. The summed E-state index contributed by atoms with van der Waals surface area (Å²) in [4.78, 5) is 22.6. The van der Waals surface area contributed by atoms with Gasteiger partial charge in [0.2, 0.25) is 0 Å². The van der Waals surface area contributed by atoms with Gasteiger partial charge in [-0.1, -0.05) is 12.1 Å². The summed E-state index contributed by atoms with van der Waals surface area (Å²) in [5.74, 6) is 0.182. The van der Waals surface area contributed by atoms with Crippen LogP contribution in [0.15, 0.2) is 71.6 Å². The van der Waals surface area contributed by atoms with Crippen LogP contribution in [-0.2, 0) is 21.4 Å². The molecule has 1 aliphatic heterocycles. The Kier molecular flexibility index (Phi) is 6.13. The van der Waals surface area contributed by atoms with Crippen LogP contribution in [0, 0.1) is 10.1 Å². The van der Waals surface area contributed by atoms with Gasteiger partial charge in [0.25, 0.3) is 15.7 Å². The normalized spacial score (nSPS) is 12.6. The fraction of sp³-hybridized carbons (Fsp3) is 0.136. The topological polar surface area (TPSA) is 134 Å². The molecule has 0 unspecified atom stereocenters. The van der Waals surface area contributed by atoms with Gasteiger partial charge in [0, 0.05) is 23.9 Å². The van der Waals surface area contributed by atoms with Gasteiger partial charge in [0.1, 0.15) is 19.8 Å². The lowest BCUT2D eigenvalue weighted by molar-refractivity contribution is -0.384. The van der Waals surface area contributed by atoms with Gasteiger partial charge in [-0.05, 0) is 42.0 Å². The van der Waals surface area contributed by atoms with Gasteiger partial charge in [-0.25, -0.2) is 13.2 Å². The number of nitro benzene ring substituents is 1. The standard InChI is InChI=1S/C22H18N2O8S/c25-22(32-14-15-2-1-3-18(12-15)24(26)27)16-4-6-17(7-5-16)23-33(28,29)19-8-9-20-21(13-19)31-11-10-30-20/h1-9,12-13,23H,10-11,14H2. The highest BCUT2D eigenvalue weighted by Gasteiger charge is 2.20. The Balaban J connectivity index is 1.40. The highest BCUT2D eigenvalue weighted by atomic mass is 32.2. The monoisotopic (exact) mass is 470 g/mol. The summed E-state index contributed by atoms with van der Waals surface area (Å²) >= 11 is 0. The minimum absolute atomic E-state index is 0.00666. The third-order valence-electron chi connectivity index (χ3n) is 4.69. The van der Waals surface area contributed by atoms with Crippen LogP contribution < -0.4 is 14.2 Å². The molecule has 0 saturated heterocycles. The quantitative estimate of drug-likeness (QED) is 0.315. The highest BCUT2D eigenvalue weighted by Crippen LogP contribution is 2.32.